The van der Waals surface area contributed by atoms with Crippen LogP contribution in [0.15, 0.2) is 36.7 Å². The average molecular weight is 613 g/mol. The van der Waals surface area contributed by atoms with Crippen LogP contribution in [0.5, 0.6) is 5.19 Å². The second kappa shape index (κ2) is 13.6. The van der Waals surface area contributed by atoms with Crippen molar-refractivity contribution >= 4 is 50.0 Å². The number of hydrogen-bond donors (Lipinski definition) is 2. The lowest BCUT2D eigenvalue weighted by Crippen LogP contribution is -2.44. The van der Waals surface area contributed by atoms with Gasteiger partial charge in [0.25, 0.3) is 11.1 Å². The molecule has 1 unspecified atom stereocenters. The summed E-state index contributed by atoms with van der Waals surface area (Å²) in [7, 11) is -1.20. The van der Waals surface area contributed by atoms with E-state index in [0.717, 1.165) is 66.9 Å². The minimum Gasteiger partial charge on any atom is -0.467 e. The van der Waals surface area contributed by atoms with Crippen LogP contribution in [0.1, 0.15) is 57.6 Å². The van der Waals surface area contributed by atoms with Crippen molar-refractivity contribution in [3.05, 3.63) is 47.8 Å². The maximum Gasteiger partial charge on any atom is 0.274 e. The lowest BCUT2D eigenvalue weighted by molar-refractivity contribution is -0.136. The van der Waals surface area contributed by atoms with Crippen molar-refractivity contribution in [1.29, 1.82) is 0 Å². The fourth-order valence-corrected chi connectivity index (χ4v) is 7.08. The minimum atomic E-state index is -1.44. The van der Waals surface area contributed by atoms with Crippen molar-refractivity contribution in [2.24, 2.45) is 0 Å². The van der Waals surface area contributed by atoms with E-state index in [1.54, 1.807) is 11.3 Å². The highest BCUT2D eigenvalue weighted by molar-refractivity contribution is 7.82. The van der Waals surface area contributed by atoms with Crippen LogP contribution in [0.25, 0.3) is 15.8 Å². The maximum absolute atomic E-state index is 12.7. The molecule has 0 radical (unpaired) electrons. The number of hydrogen-bond acceptors (Lipinski definition) is 9. The summed E-state index contributed by atoms with van der Waals surface area (Å²) in [5, 5.41) is 13.1. The summed E-state index contributed by atoms with van der Waals surface area (Å²) >= 11 is 1.58. The summed E-state index contributed by atoms with van der Waals surface area (Å²) in [6.45, 7) is 8.27. The third-order valence-electron chi connectivity index (χ3n) is 7.54. The third-order valence-corrected chi connectivity index (χ3v) is 9.91. The van der Waals surface area contributed by atoms with Gasteiger partial charge in [-0.15, -0.1) is 0 Å². The second-order valence-electron chi connectivity index (χ2n) is 11.3. The van der Waals surface area contributed by atoms with E-state index in [9.17, 15) is 14.1 Å². The van der Waals surface area contributed by atoms with Crippen molar-refractivity contribution in [1.82, 2.24) is 24.6 Å². The van der Waals surface area contributed by atoms with Crippen molar-refractivity contribution in [2.75, 3.05) is 43.4 Å². The molecule has 1 aromatic carbocycles. The number of fused-ring (bicyclic) bond motifs is 1. The average Bonchev–Trinajstić information content (AvgIpc) is 3.39. The first kappa shape index (κ1) is 30.5. The normalized spacial score (nSPS) is 17.7. The first-order valence-electron chi connectivity index (χ1n) is 14.7. The molecule has 1 atom stereocenters. The van der Waals surface area contributed by atoms with E-state index in [-0.39, 0.29) is 12.6 Å². The third kappa shape index (κ3) is 7.71. The number of piperidine rings is 1. The Morgan fingerprint density at radius 1 is 1.21 bits per heavy atom. The van der Waals surface area contributed by atoms with E-state index >= 15 is 0 Å². The summed E-state index contributed by atoms with van der Waals surface area (Å²) in [5.74, 6) is 0.652. The van der Waals surface area contributed by atoms with Crippen LogP contribution in [0, 0.1) is 0 Å². The number of carbonyl (C=O) groups is 1. The van der Waals surface area contributed by atoms with Gasteiger partial charge in [0.1, 0.15) is 11.7 Å². The number of anilines is 1. The molecule has 1 saturated heterocycles. The number of ether oxygens (including phenoxy) is 1. The predicted octanol–water partition coefficient (Wildman–Crippen LogP) is 3.73. The lowest BCUT2D eigenvalue weighted by atomic mass is 10.0. The molecule has 3 aromatic rings. The van der Waals surface area contributed by atoms with Gasteiger partial charge in [-0.1, -0.05) is 36.8 Å². The molecule has 12 heteroatoms. The molecule has 5 rings (SSSR count). The van der Waals surface area contributed by atoms with E-state index < -0.39 is 22.5 Å². The second-order valence-corrected chi connectivity index (χ2v) is 13.9. The van der Waals surface area contributed by atoms with E-state index in [2.05, 4.69) is 45.3 Å². The highest BCUT2D eigenvalue weighted by Crippen LogP contribution is 2.33. The molecule has 42 heavy (non-hydrogen) atoms. The predicted molar refractivity (Wildman–Crippen MR) is 168 cm³/mol. The molecule has 0 saturated carbocycles. The Hall–Kier alpha value is -2.93. The number of aromatic nitrogens is 3. The molecule has 0 bridgehead atoms. The largest absolute Gasteiger partial charge is 0.467 e. The summed E-state index contributed by atoms with van der Waals surface area (Å²) < 4.78 is 22.0. The molecule has 1 fully saturated rings. The summed E-state index contributed by atoms with van der Waals surface area (Å²) in [6, 6.07) is 6.32. The Labute approximate surface area is 253 Å². The van der Waals surface area contributed by atoms with Gasteiger partial charge >= 0.3 is 0 Å². The fourth-order valence-electron chi connectivity index (χ4n) is 5.09. The van der Waals surface area contributed by atoms with Crippen LogP contribution in [-0.4, -0.2) is 84.7 Å². The van der Waals surface area contributed by atoms with Gasteiger partial charge in [-0.3, -0.25) is 4.79 Å². The molecule has 0 aliphatic carbocycles. The topological polar surface area (TPSA) is 121 Å². The molecular weight excluding hydrogens is 573 g/mol. The van der Waals surface area contributed by atoms with Gasteiger partial charge in [0.05, 0.1) is 27.0 Å². The molecule has 2 aliphatic rings. The number of benzene rings is 1. The first-order chi connectivity index (χ1) is 20.2. The van der Waals surface area contributed by atoms with Gasteiger partial charge in [-0.05, 0) is 55.5 Å². The van der Waals surface area contributed by atoms with Crippen LogP contribution >= 0.6 is 11.3 Å². The van der Waals surface area contributed by atoms with E-state index in [0.29, 0.717) is 24.0 Å². The van der Waals surface area contributed by atoms with E-state index in [1.165, 1.54) is 25.0 Å². The Kier molecular flexibility index (Phi) is 9.87. The van der Waals surface area contributed by atoms with Gasteiger partial charge in [-0.25, -0.2) is 23.5 Å². The molecule has 2 aromatic heterocycles. The highest BCUT2D eigenvalue weighted by Gasteiger charge is 2.25. The number of nitrogens with one attached hydrogen (secondary N) is 1. The number of aliphatic hydroxyl groups is 1. The van der Waals surface area contributed by atoms with Crippen LogP contribution < -0.4 is 15.0 Å². The van der Waals surface area contributed by atoms with Crippen LogP contribution in [-0.2, 0) is 22.2 Å². The standard InChI is InChI=1S/C30H40N6O4S2/c1-4-5-21-19-32-28(33-20-21)35-13-10-24(11-14-35)40-29-34-25-7-6-23(18-26(25)41-29)22-8-15-36(16-9-22)42(39)17-12-31-27(37)30(2,3)38/h6-8,18-20,24,38H,4-5,9-17H2,1-3H3,(H,31,37). The number of aryl methyl sites for hydroxylation is 1. The van der Waals surface area contributed by atoms with E-state index in [1.807, 2.05) is 22.8 Å². The minimum absolute atomic E-state index is 0.122. The van der Waals surface area contributed by atoms with Gasteiger partial charge < -0.3 is 20.1 Å². The van der Waals surface area contributed by atoms with E-state index in [4.69, 9.17) is 9.72 Å². The maximum atomic E-state index is 12.7. The zero-order valence-corrected chi connectivity index (χ0v) is 26.2. The van der Waals surface area contributed by atoms with Gasteiger partial charge in [-0.2, -0.15) is 0 Å². The number of carbonyl (C=O) groups excluding carboxylic acids is 1. The molecule has 226 valence electrons. The lowest BCUT2D eigenvalue weighted by Gasteiger charge is -2.31. The van der Waals surface area contributed by atoms with Gasteiger partial charge in [0, 0.05) is 58.0 Å². The van der Waals surface area contributed by atoms with Gasteiger partial charge in [0.2, 0.25) is 5.95 Å². The van der Waals surface area contributed by atoms with Crippen molar-refractivity contribution in [2.45, 2.75) is 64.6 Å². The fraction of sp³-hybridized carbons (Fsp3) is 0.533. The highest BCUT2D eigenvalue weighted by atomic mass is 32.2. The number of thiazole rings is 1. The molecule has 2 N–H and O–H groups in total. The SMILES string of the molecule is CCCc1cnc(N2CCC(Oc3nc4ccc(C5=CCN(S(=O)CCNC(=O)C(C)(C)O)CC5)cc4s3)CC2)nc1. The van der Waals surface area contributed by atoms with Crippen LogP contribution in [0.4, 0.5) is 5.95 Å². The van der Waals surface area contributed by atoms with Crippen molar-refractivity contribution in [3.8, 4) is 5.19 Å². The molecule has 4 heterocycles. The van der Waals surface area contributed by atoms with Gasteiger partial charge in [0.15, 0.2) is 0 Å². The zero-order chi connectivity index (χ0) is 29.7. The first-order valence-corrected chi connectivity index (χ1v) is 16.8. The summed E-state index contributed by atoms with van der Waals surface area (Å²) in [5.41, 5.74) is 3.06. The number of amides is 1. The monoisotopic (exact) mass is 612 g/mol. The Morgan fingerprint density at radius 2 is 1.98 bits per heavy atom. The summed E-state index contributed by atoms with van der Waals surface area (Å²) in [6.07, 6.45) is 10.8. The molecule has 0 spiro atoms. The Balaban J connectivity index is 1.11. The number of nitrogens with zero attached hydrogens (tertiary/aromatic N) is 5. The molecule has 2 aliphatic heterocycles. The quantitative estimate of drug-likeness (QED) is 0.336. The summed E-state index contributed by atoms with van der Waals surface area (Å²) in [4.78, 5) is 27.9. The molecule has 10 nitrogen and oxygen atoms in total. The molecule has 1 amide bonds. The molecular formula is C30H40N6O4S2. The van der Waals surface area contributed by atoms with Crippen LogP contribution in [0.3, 0.4) is 0 Å². The van der Waals surface area contributed by atoms with Crippen molar-refractivity contribution in [3.63, 3.8) is 0 Å². The van der Waals surface area contributed by atoms with Crippen molar-refractivity contribution < 1.29 is 18.8 Å². The number of rotatable bonds is 11. The van der Waals surface area contributed by atoms with Crippen LogP contribution in [0.2, 0.25) is 0 Å². The zero-order valence-electron chi connectivity index (χ0n) is 24.5. The Morgan fingerprint density at radius 3 is 2.64 bits per heavy atom. The Bertz CT molecular complexity index is 1430. The smallest absolute Gasteiger partial charge is 0.274 e.